The number of ether oxygens (including phenoxy) is 1. The van der Waals surface area contributed by atoms with Gasteiger partial charge in [-0.3, -0.25) is 4.79 Å². The highest BCUT2D eigenvalue weighted by Gasteiger charge is 2.22. The van der Waals surface area contributed by atoms with Crippen LogP contribution in [0.5, 0.6) is 0 Å². The van der Waals surface area contributed by atoms with E-state index in [1.54, 1.807) is 0 Å². The molecule has 0 aromatic carbocycles. The number of hydrogen-bond donors (Lipinski definition) is 1. The van der Waals surface area contributed by atoms with Crippen molar-refractivity contribution >= 4 is 5.97 Å². The first-order chi connectivity index (χ1) is 7.22. The summed E-state index contributed by atoms with van der Waals surface area (Å²) in [4.78, 5) is 10.8. The normalized spacial score (nSPS) is 22.8. The molecule has 0 aliphatic carbocycles. The average molecular weight is 214 g/mol. The van der Waals surface area contributed by atoms with Crippen molar-refractivity contribution in [1.82, 2.24) is 0 Å². The number of unbranched alkanes of at least 4 members (excludes halogenated alkanes) is 2. The minimum absolute atomic E-state index is 0.0404. The third-order valence-corrected chi connectivity index (χ3v) is 3.00. The molecule has 2 atom stereocenters. The van der Waals surface area contributed by atoms with E-state index in [1.807, 2.05) is 6.92 Å². The zero-order valence-corrected chi connectivity index (χ0v) is 9.58. The average Bonchev–Trinajstić information content (AvgIpc) is 2.63. The fourth-order valence-corrected chi connectivity index (χ4v) is 1.92. The van der Waals surface area contributed by atoms with Gasteiger partial charge in [-0.15, -0.1) is 0 Å². The molecule has 0 saturated carbocycles. The van der Waals surface area contributed by atoms with Crippen molar-refractivity contribution in [1.29, 1.82) is 0 Å². The van der Waals surface area contributed by atoms with Gasteiger partial charge in [-0.1, -0.05) is 19.8 Å². The van der Waals surface area contributed by atoms with Gasteiger partial charge >= 0.3 is 5.97 Å². The number of aliphatic hydroxyl groups is 1. The maximum absolute atomic E-state index is 10.8. The summed E-state index contributed by atoms with van der Waals surface area (Å²) in [7, 11) is 0. The summed E-state index contributed by atoms with van der Waals surface area (Å²) in [5, 5.41) is 9.33. The largest absolute Gasteiger partial charge is 0.462 e. The molecule has 1 rings (SSSR count). The lowest BCUT2D eigenvalue weighted by Gasteiger charge is -2.09. The van der Waals surface area contributed by atoms with Gasteiger partial charge in [0.2, 0.25) is 0 Å². The SMILES string of the molecule is CCC(O)CCCCCC1CCC(=O)O1. The van der Waals surface area contributed by atoms with Gasteiger partial charge in [0.15, 0.2) is 0 Å². The number of carbonyl (C=O) groups is 1. The number of rotatable bonds is 7. The van der Waals surface area contributed by atoms with Gasteiger partial charge in [0, 0.05) is 6.42 Å². The molecular formula is C12H22O3. The Labute approximate surface area is 91.8 Å². The zero-order valence-electron chi connectivity index (χ0n) is 9.58. The molecule has 0 spiro atoms. The van der Waals surface area contributed by atoms with Crippen LogP contribution in [0, 0.1) is 0 Å². The van der Waals surface area contributed by atoms with Gasteiger partial charge in [0.25, 0.3) is 0 Å². The summed E-state index contributed by atoms with van der Waals surface area (Å²) >= 11 is 0. The Balaban J connectivity index is 1.91. The molecule has 0 radical (unpaired) electrons. The molecule has 1 heterocycles. The van der Waals surface area contributed by atoms with Crippen LogP contribution in [0.2, 0.25) is 0 Å². The predicted molar refractivity (Wildman–Crippen MR) is 58.5 cm³/mol. The molecule has 0 aromatic heterocycles. The zero-order chi connectivity index (χ0) is 11.1. The highest BCUT2D eigenvalue weighted by molar-refractivity contribution is 5.71. The van der Waals surface area contributed by atoms with E-state index in [0.29, 0.717) is 6.42 Å². The molecule has 1 saturated heterocycles. The fourth-order valence-electron chi connectivity index (χ4n) is 1.92. The molecular weight excluding hydrogens is 192 g/mol. The molecule has 0 bridgehead atoms. The van der Waals surface area contributed by atoms with Crippen LogP contribution in [0.3, 0.4) is 0 Å². The van der Waals surface area contributed by atoms with Gasteiger partial charge in [0.1, 0.15) is 6.10 Å². The minimum atomic E-state index is -0.130. The van der Waals surface area contributed by atoms with Crippen LogP contribution in [0.25, 0.3) is 0 Å². The Morgan fingerprint density at radius 1 is 1.47 bits per heavy atom. The molecule has 3 nitrogen and oxygen atoms in total. The highest BCUT2D eigenvalue weighted by atomic mass is 16.5. The van der Waals surface area contributed by atoms with Crippen molar-refractivity contribution in [2.24, 2.45) is 0 Å². The molecule has 1 N–H and O–H groups in total. The summed E-state index contributed by atoms with van der Waals surface area (Å²) in [6.45, 7) is 2.00. The van der Waals surface area contributed by atoms with E-state index >= 15 is 0 Å². The van der Waals surface area contributed by atoms with E-state index < -0.39 is 0 Å². The van der Waals surface area contributed by atoms with Crippen molar-refractivity contribution in [3.05, 3.63) is 0 Å². The summed E-state index contributed by atoms with van der Waals surface area (Å²) < 4.78 is 5.12. The number of esters is 1. The van der Waals surface area contributed by atoms with E-state index in [0.717, 1.165) is 44.9 Å². The van der Waals surface area contributed by atoms with Gasteiger partial charge < -0.3 is 9.84 Å². The maximum atomic E-state index is 10.8. The molecule has 1 aliphatic rings. The van der Waals surface area contributed by atoms with Gasteiger partial charge in [-0.2, -0.15) is 0 Å². The summed E-state index contributed by atoms with van der Waals surface area (Å²) in [5.41, 5.74) is 0. The van der Waals surface area contributed by atoms with Crippen LogP contribution < -0.4 is 0 Å². The number of hydrogen-bond acceptors (Lipinski definition) is 3. The summed E-state index contributed by atoms with van der Waals surface area (Å²) in [5.74, 6) is -0.0404. The summed E-state index contributed by atoms with van der Waals surface area (Å²) in [6, 6.07) is 0. The van der Waals surface area contributed by atoms with E-state index in [9.17, 15) is 9.90 Å². The fraction of sp³-hybridized carbons (Fsp3) is 0.917. The molecule has 2 unspecified atom stereocenters. The van der Waals surface area contributed by atoms with Crippen LogP contribution in [0.4, 0.5) is 0 Å². The molecule has 1 fully saturated rings. The van der Waals surface area contributed by atoms with E-state index in [2.05, 4.69) is 0 Å². The molecule has 1 aliphatic heterocycles. The van der Waals surface area contributed by atoms with Gasteiger partial charge in [-0.25, -0.2) is 0 Å². The van der Waals surface area contributed by atoms with Crippen molar-refractivity contribution < 1.29 is 14.6 Å². The standard InChI is InChI=1S/C12H22O3/c1-2-10(13)6-4-3-5-7-11-8-9-12(14)15-11/h10-11,13H,2-9H2,1H3. The Morgan fingerprint density at radius 2 is 2.27 bits per heavy atom. The van der Waals surface area contributed by atoms with E-state index in [1.165, 1.54) is 0 Å². The first kappa shape index (κ1) is 12.5. The van der Waals surface area contributed by atoms with Gasteiger partial charge in [-0.05, 0) is 32.1 Å². The maximum Gasteiger partial charge on any atom is 0.306 e. The van der Waals surface area contributed by atoms with Crippen LogP contribution in [-0.4, -0.2) is 23.3 Å². The second kappa shape index (κ2) is 6.83. The first-order valence-corrected chi connectivity index (χ1v) is 6.10. The monoisotopic (exact) mass is 214 g/mol. The Hall–Kier alpha value is -0.570. The molecule has 0 aromatic rings. The van der Waals surface area contributed by atoms with Crippen molar-refractivity contribution in [2.45, 2.75) is 70.5 Å². The topological polar surface area (TPSA) is 46.5 Å². The Bertz CT molecular complexity index is 191. The third kappa shape index (κ3) is 5.17. The lowest BCUT2D eigenvalue weighted by atomic mass is 10.0. The van der Waals surface area contributed by atoms with Crippen molar-refractivity contribution in [3.8, 4) is 0 Å². The first-order valence-electron chi connectivity index (χ1n) is 6.10. The van der Waals surface area contributed by atoms with Gasteiger partial charge in [0.05, 0.1) is 6.10 Å². The lowest BCUT2D eigenvalue weighted by molar-refractivity contribution is -0.141. The van der Waals surface area contributed by atoms with Crippen LogP contribution >= 0.6 is 0 Å². The molecule has 3 heteroatoms. The van der Waals surface area contributed by atoms with Crippen LogP contribution in [0.15, 0.2) is 0 Å². The predicted octanol–water partition coefficient (Wildman–Crippen LogP) is 2.41. The number of cyclic esters (lactones) is 1. The molecule has 15 heavy (non-hydrogen) atoms. The quantitative estimate of drug-likeness (QED) is 0.523. The highest BCUT2D eigenvalue weighted by Crippen LogP contribution is 2.19. The molecule has 88 valence electrons. The van der Waals surface area contributed by atoms with Crippen molar-refractivity contribution in [2.75, 3.05) is 0 Å². The van der Waals surface area contributed by atoms with E-state index in [4.69, 9.17) is 4.74 Å². The smallest absolute Gasteiger partial charge is 0.306 e. The van der Waals surface area contributed by atoms with Crippen molar-refractivity contribution in [3.63, 3.8) is 0 Å². The second-order valence-corrected chi connectivity index (χ2v) is 4.35. The summed E-state index contributed by atoms with van der Waals surface area (Å²) in [6.07, 6.45) is 7.60. The third-order valence-electron chi connectivity index (χ3n) is 3.00. The number of carbonyl (C=O) groups excluding carboxylic acids is 1. The number of aliphatic hydroxyl groups excluding tert-OH is 1. The molecule has 0 amide bonds. The minimum Gasteiger partial charge on any atom is -0.462 e. The van der Waals surface area contributed by atoms with Crippen LogP contribution in [0.1, 0.15) is 58.3 Å². The van der Waals surface area contributed by atoms with E-state index in [-0.39, 0.29) is 18.2 Å². The Morgan fingerprint density at radius 3 is 2.87 bits per heavy atom. The lowest BCUT2D eigenvalue weighted by Crippen LogP contribution is -2.07. The van der Waals surface area contributed by atoms with Crippen LogP contribution in [-0.2, 0) is 9.53 Å². The Kier molecular flexibility index (Phi) is 5.69. The second-order valence-electron chi connectivity index (χ2n) is 4.35.